The molecule has 0 atom stereocenters. The van der Waals surface area contributed by atoms with Gasteiger partial charge in [0.15, 0.2) is 0 Å². The number of hydrogen-bond acceptors (Lipinski definition) is 3. The quantitative estimate of drug-likeness (QED) is 0.847. The number of nitrogens with one attached hydrogen (secondary N) is 1. The Morgan fingerprint density at radius 3 is 2.52 bits per heavy atom. The van der Waals surface area contributed by atoms with E-state index in [4.69, 9.17) is 17.3 Å². The summed E-state index contributed by atoms with van der Waals surface area (Å²) in [6.45, 7) is 3.12. The zero-order valence-corrected chi connectivity index (χ0v) is 13.0. The summed E-state index contributed by atoms with van der Waals surface area (Å²) in [5, 5.41) is 0.397. The van der Waals surface area contributed by atoms with Gasteiger partial charge in [-0.25, -0.2) is 12.8 Å². The molecule has 0 aliphatic rings. The minimum Gasteiger partial charge on any atom is -0.399 e. The smallest absolute Gasteiger partial charge is 0.262 e. The summed E-state index contributed by atoms with van der Waals surface area (Å²) in [6.07, 6.45) is 0. The van der Waals surface area contributed by atoms with Gasteiger partial charge in [-0.2, -0.15) is 0 Å². The maximum absolute atomic E-state index is 13.7. The number of hydrogen-bond donors (Lipinski definition) is 2. The maximum atomic E-state index is 13.7. The number of rotatable bonds is 3. The molecule has 3 N–H and O–H groups in total. The number of nitrogen functional groups attached to an aromatic ring is 1. The van der Waals surface area contributed by atoms with E-state index in [0.29, 0.717) is 16.3 Å². The number of sulfonamides is 1. The fourth-order valence-electron chi connectivity index (χ4n) is 1.86. The van der Waals surface area contributed by atoms with Crippen LogP contribution < -0.4 is 10.5 Å². The van der Waals surface area contributed by atoms with Crippen LogP contribution in [0, 0.1) is 19.7 Å². The van der Waals surface area contributed by atoms with Gasteiger partial charge < -0.3 is 5.73 Å². The molecule has 0 fully saturated rings. The molecule has 112 valence electrons. The summed E-state index contributed by atoms with van der Waals surface area (Å²) >= 11 is 5.86. The molecule has 0 aliphatic carbocycles. The van der Waals surface area contributed by atoms with Gasteiger partial charge in [0.25, 0.3) is 10.0 Å². The molecule has 0 heterocycles. The lowest BCUT2D eigenvalue weighted by atomic mass is 10.2. The Hall–Kier alpha value is -1.79. The molecule has 2 aromatic rings. The van der Waals surface area contributed by atoms with E-state index in [1.165, 1.54) is 19.1 Å². The molecule has 0 saturated heterocycles. The molecule has 21 heavy (non-hydrogen) atoms. The first-order valence-corrected chi connectivity index (χ1v) is 7.91. The van der Waals surface area contributed by atoms with E-state index >= 15 is 0 Å². The third-order valence-corrected chi connectivity index (χ3v) is 4.78. The first-order chi connectivity index (χ1) is 9.70. The Labute approximate surface area is 127 Å². The van der Waals surface area contributed by atoms with Gasteiger partial charge in [-0.15, -0.1) is 0 Å². The second-order valence-corrected chi connectivity index (χ2v) is 6.78. The molecule has 7 heteroatoms. The van der Waals surface area contributed by atoms with Crippen molar-refractivity contribution in [1.82, 2.24) is 0 Å². The van der Waals surface area contributed by atoms with E-state index in [9.17, 15) is 12.8 Å². The number of halogens is 2. The van der Waals surface area contributed by atoms with Crippen molar-refractivity contribution in [2.24, 2.45) is 0 Å². The number of benzene rings is 2. The van der Waals surface area contributed by atoms with Gasteiger partial charge in [-0.1, -0.05) is 17.7 Å². The largest absolute Gasteiger partial charge is 0.399 e. The van der Waals surface area contributed by atoms with Crippen LogP contribution in [0.3, 0.4) is 0 Å². The molecule has 0 saturated carbocycles. The van der Waals surface area contributed by atoms with E-state index < -0.39 is 15.8 Å². The summed E-state index contributed by atoms with van der Waals surface area (Å²) in [4.78, 5) is -0.195. The lowest BCUT2D eigenvalue weighted by Gasteiger charge is -2.13. The first-order valence-electron chi connectivity index (χ1n) is 6.05. The van der Waals surface area contributed by atoms with Crippen LogP contribution in [0.25, 0.3) is 0 Å². The Kier molecular flexibility index (Phi) is 4.11. The summed E-state index contributed by atoms with van der Waals surface area (Å²) in [7, 11) is -3.96. The van der Waals surface area contributed by atoms with Crippen LogP contribution in [0.15, 0.2) is 35.2 Å². The Morgan fingerprint density at radius 2 is 1.86 bits per heavy atom. The van der Waals surface area contributed by atoms with Crippen molar-refractivity contribution >= 4 is 33.0 Å². The van der Waals surface area contributed by atoms with E-state index in [2.05, 4.69) is 4.72 Å². The summed E-state index contributed by atoms with van der Waals surface area (Å²) < 4.78 is 40.9. The van der Waals surface area contributed by atoms with E-state index in [0.717, 1.165) is 6.07 Å². The van der Waals surface area contributed by atoms with Gasteiger partial charge in [-0.3, -0.25) is 4.72 Å². The van der Waals surface area contributed by atoms with Crippen LogP contribution in [-0.2, 0) is 10.0 Å². The Bertz CT molecular complexity index is 807. The van der Waals surface area contributed by atoms with Crippen molar-refractivity contribution in [3.05, 3.63) is 52.3 Å². The number of nitrogens with two attached hydrogens (primary N) is 1. The SMILES string of the molecule is Cc1ccc(Cl)cc1NS(=O)(=O)c1cc(N)cc(F)c1C. The lowest BCUT2D eigenvalue weighted by molar-refractivity contribution is 0.591. The van der Waals surface area contributed by atoms with Crippen molar-refractivity contribution in [1.29, 1.82) is 0 Å². The molecular weight excluding hydrogens is 315 g/mol. The standard InChI is InChI=1S/C14H14ClFN2O2S/c1-8-3-4-10(15)5-13(8)18-21(19,20)14-7-11(17)6-12(16)9(14)2/h3-7,18H,17H2,1-2H3. The van der Waals surface area contributed by atoms with Crippen molar-refractivity contribution < 1.29 is 12.8 Å². The molecule has 0 radical (unpaired) electrons. The second-order valence-electron chi connectivity index (χ2n) is 4.69. The predicted octanol–water partition coefficient (Wildman–Crippen LogP) is 3.48. The third kappa shape index (κ3) is 3.28. The molecule has 2 aromatic carbocycles. The molecule has 0 spiro atoms. The van der Waals surface area contributed by atoms with E-state index in [1.807, 2.05) is 0 Å². The van der Waals surface area contributed by atoms with Crippen LogP contribution >= 0.6 is 11.6 Å². The van der Waals surface area contributed by atoms with Crippen LogP contribution in [-0.4, -0.2) is 8.42 Å². The van der Waals surface area contributed by atoms with Gasteiger partial charge in [-0.05, 0) is 43.7 Å². The van der Waals surface area contributed by atoms with Crippen LogP contribution in [0.5, 0.6) is 0 Å². The average Bonchev–Trinajstić information content (AvgIpc) is 2.37. The minimum atomic E-state index is -3.96. The van der Waals surface area contributed by atoms with Gasteiger partial charge in [0, 0.05) is 16.3 Å². The van der Waals surface area contributed by atoms with Crippen molar-refractivity contribution in [3.63, 3.8) is 0 Å². The highest BCUT2D eigenvalue weighted by Crippen LogP contribution is 2.27. The summed E-state index contributed by atoms with van der Waals surface area (Å²) in [5.74, 6) is -0.668. The third-order valence-electron chi connectivity index (χ3n) is 3.05. The van der Waals surface area contributed by atoms with Crippen molar-refractivity contribution in [2.75, 3.05) is 10.5 Å². The zero-order valence-electron chi connectivity index (χ0n) is 11.4. The average molecular weight is 329 g/mol. The van der Waals surface area contributed by atoms with Crippen LogP contribution in [0.4, 0.5) is 15.8 Å². The normalized spacial score (nSPS) is 11.4. The first kappa shape index (κ1) is 15.6. The summed E-state index contributed by atoms with van der Waals surface area (Å²) in [6, 6.07) is 7.14. The maximum Gasteiger partial charge on any atom is 0.262 e. The molecule has 0 aromatic heterocycles. The zero-order chi connectivity index (χ0) is 15.8. The van der Waals surface area contributed by atoms with Crippen molar-refractivity contribution in [3.8, 4) is 0 Å². The van der Waals surface area contributed by atoms with Gasteiger partial charge >= 0.3 is 0 Å². The lowest BCUT2D eigenvalue weighted by Crippen LogP contribution is -2.16. The van der Waals surface area contributed by atoms with Gasteiger partial charge in [0.05, 0.1) is 10.6 Å². The molecule has 4 nitrogen and oxygen atoms in total. The van der Waals surface area contributed by atoms with E-state index in [1.54, 1.807) is 19.1 Å². The highest BCUT2D eigenvalue weighted by Gasteiger charge is 2.20. The van der Waals surface area contributed by atoms with Gasteiger partial charge in [0.2, 0.25) is 0 Å². The molecule has 0 amide bonds. The second kappa shape index (κ2) is 5.54. The minimum absolute atomic E-state index is 0.0105. The monoisotopic (exact) mass is 328 g/mol. The topological polar surface area (TPSA) is 72.2 Å². The van der Waals surface area contributed by atoms with Gasteiger partial charge in [0.1, 0.15) is 5.82 Å². The molecule has 2 rings (SSSR count). The molecule has 0 unspecified atom stereocenters. The predicted molar refractivity (Wildman–Crippen MR) is 82.5 cm³/mol. The highest BCUT2D eigenvalue weighted by molar-refractivity contribution is 7.92. The Balaban J connectivity index is 2.51. The Morgan fingerprint density at radius 1 is 1.19 bits per heavy atom. The fourth-order valence-corrected chi connectivity index (χ4v) is 3.44. The highest BCUT2D eigenvalue weighted by atomic mass is 35.5. The summed E-state index contributed by atoms with van der Waals surface area (Å²) in [5.41, 5.74) is 6.61. The van der Waals surface area contributed by atoms with Crippen LogP contribution in [0.2, 0.25) is 5.02 Å². The molecule has 0 aliphatic heterocycles. The van der Waals surface area contributed by atoms with E-state index in [-0.39, 0.29) is 16.1 Å². The molecule has 0 bridgehead atoms. The fraction of sp³-hybridized carbons (Fsp3) is 0.143. The van der Waals surface area contributed by atoms with Crippen molar-refractivity contribution in [2.45, 2.75) is 18.7 Å². The molecular formula is C14H14ClFN2O2S. The number of aryl methyl sites for hydroxylation is 1. The number of anilines is 2. The van der Waals surface area contributed by atoms with Crippen LogP contribution in [0.1, 0.15) is 11.1 Å².